The highest BCUT2D eigenvalue weighted by molar-refractivity contribution is 5.59. The van der Waals surface area contributed by atoms with Crippen LogP contribution in [-0.4, -0.2) is 32.8 Å². The lowest BCUT2D eigenvalue weighted by Gasteiger charge is -2.18. The van der Waals surface area contributed by atoms with Crippen LogP contribution in [0.3, 0.4) is 0 Å². The molecule has 1 aromatic carbocycles. The van der Waals surface area contributed by atoms with Crippen LogP contribution in [0, 0.1) is 0 Å². The average molecular weight is 254 g/mol. The number of benzene rings is 1. The maximum Gasteiger partial charge on any atom is 0.511 e. The minimum Gasteiger partial charge on any atom is -0.455 e. The van der Waals surface area contributed by atoms with Gasteiger partial charge < -0.3 is 18.9 Å². The number of hydrogen-bond donors (Lipinski definition) is 0. The van der Waals surface area contributed by atoms with Gasteiger partial charge in [0.15, 0.2) is 0 Å². The third-order valence-electron chi connectivity index (χ3n) is 2.11. The summed E-state index contributed by atoms with van der Waals surface area (Å²) in [7, 11) is 1.25. The zero-order chi connectivity index (χ0) is 13.2. The third kappa shape index (κ3) is 5.54. The van der Waals surface area contributed by atoms with Gasteiger partial charge >= 0.3 is 6.16 Å². The molecule has 100 valence electrons. The van der Waals surface area contributed by atoms with Gasteiger partial charge in [-0.2, -0.15) is 0 Å². The van der Waals surface area contributed by atoms with Gasteiger partial charge in [-0.3, -0.25) is 0 Å². The second kappa shape index (κ2) is 8.36. The second-order valence-electron chi connectivity index (χ2n) is 3.42. The molecule has 0 bridgehead atoms. The zero-order valence-electron chi connectivity index (χ0n) is 10.6. The van der Waals surface area contributed by atoms with Gasteiger partial charge in [0.25, 0.3) is 0 Å². The van der Waals surface area contributed by atoms with Crippen LogP contribution in [0.15, 0.2) is 30.3 Å². The molecule has 0 aliphatic heterocycles. The summed E-state index contributed by atoms with van der Waals surface area (Å²) in [5.74, 6) is 0.628. The molecule has 5 nitrogen and oxygen atoms in total. The summed E-state index contributed by atoms with van der Waals surface area (Å²) in [5, 5.41) is 0. The third-order valence-corrected chi connectivity index (χ3v) is 2.11. The molecule has 1 rings (SSSR count). The zero-order valence-corrected chi connectivity index (χ0v) is 10.6. The van der Waals surface area contributed by atoms with Gasteiger partial charge in [0.2, 0.25) is 6.29 Å². The Morgan fingerprint density at radius 3 is 2.61 bits per heavy atom. The lowest BCUT2D eigenvalue weighted by Crippen LogP contribution is -2.26. The average Bonchev–Trinajstić information content (AvgIpc) is 2.40. The normalized spacial score (nSPS) is 11.7. The lowest BCUT2D eigenvalue weighted by atomic mass is 10.3. The van der Waals surface area contributed by atoms with E-state index in [1.54, 1.807) is 12.1 Å². The highest BCUT2D eigenvalue weighted by atomic mass is 16.8. The van der Waals surface area contributed by atoms with Gasteiger partial charge in [0, 0.05) is 13.0 Å². The number of para-hydroxylation sites is 1. The fourth-order valence-corrected chi connectivity index (χ4v) is 1.27. The largest absolute Gasteiger partial charge is 0.511 e. The lowest BCUT2D eigenvalue weighted by molar-refractivity contribution is -0.0731. The van der Waals surface area contributed by atoms with E-state index in [1.165, 1.54) is 7.11 Å². The van der Waals surface area contributed by atoms with Gasteiger partial charge in [0.05, 0.1) is 13.7 Å². The number of carbonyl (C=O) groups excluding carboxylic acids is 1. The molecule has 0 saturated carbocycles. The Morgan fingerprint density at radius 1 is 1.28 bits per heavy atom. The molecule has 0 spiro atoms. The van der Waals surface area contributed by atoms with Crippen molar-refractivity contribution < 1.29 is 23.7 Å². The summed E-state index contributed by atoms with van der Waals surface area (Å²) < 4.78 is 20.2. The van der Waals surface area contributed by atoms with Crippen molar-refractivity contribution in [3.63, 3.8) is 0 Å². The Kier molecular flexibility index (Phi) is 6.64. The fraction of sp³-hybridized carbons (Fsp3) is 0.462. The summed E-state index contributed by atoms with van der Waals surface area (Å²) in [6.45, 7) is 2.95. The van der Waals surface area contributed by atoms with E-state index in [1.807, 2.05) is 25.1 Å². The number of carbonyl (C=O) groups is 1. The van der Waals surface area contributed by atoms with Crippen LogP contribution < -0.4 is 4.74 Å². The van der Waals surface area contributed by atoms with Crippen molar-refractivity contribution in [2.75, 3.05) is 20.3 Å². The first-order chi connectivity index (χ1) is 8.76. The Labute approximate surface area is 107 Å². The molecular formula is C13H18O5. The van der Waals surface area contributed by atoms with E-state index in [9.17, 15) is 4.79 Å². The van der Waals surface area contributed by atoms with Crippen LogP contribution in [-0.2, 0) is 14.2 Å². The summed E-state index contributed by atoms with van der Waals surface area (Å²) in [6.07, 6.45) is -1.04. The highest BCUT2D eigenvalue weighted by Crippen LogP contribution is 2.13. The highest BCUT2D eigenvalue weighted by Gasteiger charge is 2.16. The van der Waals surface area contributed by atoms with E-state index in [2.05, 4.69) is 4.74 Å². The monoisotopic (exact) mass is 254 g/mol. The van der Waals surface area contributed by atoms with Crippen LogP contribution in [0.4, 0.5) is 4.79 Å². The molecule has 0 amide bonds. The molecule has 1 aromatic rings. The Hall–Kier alpha value is -1.75. The first kappa shape index (κ1) is 14.3. The smallest absolute Gasteiger partial charge is 0.455 e. The van der Waals surface area contributed by atoms with E-state index in [0.717, 1.165) is 0 Å². The van der Waals surface area contributed by atoms with E-state index in [-0.39, 0.29) is 0 Å². The van der Waals surface area contributed by atoms with Crippen molar-refractivity contribution >= 4 is 6.16 Å². The number of rotatable bonds is 7. The molecule has 0 radical (unpaired) electrons. The second-order valence-corrected chi connectivity index (χ2v) is 3.42. The van der Waals surface area contributed by atoms with Crippen LogP contribution in [0.25, 0.3) is 0 Å². The first-order valence-electron chi connectivity index (χ1n) is 5.80. The number of methoxy groups -OCH3 is 1. The Balaban J connectivity index is 2.50. The first-order valence-corrected chi connectivity index (χ1v) is 5.80. The molecule has 18 heavy (non-hydrogen) atoms. The Morgan fingerprint density at radius 2 is 2.00 bits per heavy atom. The van der Waals surface area contributed by atoms with Crippen molar-refractivity contribution in [3.8, 4) is 5.75 Å². The van der Waals surface area contributed by atoms with Gasteiger partial charge in [0.1, 0.15) is 5.75 Å². The minimum absolute atomic E-state index is 0.442. The molecule has 0 aliphatic rings. The van der Waals surface area contributed by atoms with Crippen molar-refractivity contribution in [2.45, 2.75) is 19.6 Å². The van der Waals surface area contributed by atoms with Gasteiger partial charge in [-0.05, 0) is 19.1 Å². The van der Waals surface area contributed by atoms with E-state index in [4.69, 9.17) is 14.2 Å². The molecule has 1 unspecified atom stereocenters. The number of ether oxygens (including phenoxy) is 4. The quantitative estimate of drug-likeness (QED) is 0.425. The maximum absolute atomic E-state index is 11.1. The predicted octanol–water partition coefficient (Wildman–Crippen LogP) is 2.60. The molecule has 0 N–H and O–H groups in total. The van der Waals surface area contributed by atoms with Gasteiger partial charge in [-0.1, -0.05) is 18.2 Å². The molecule has 5 heteroatoms. The SMILES string of the molecule is CCOCCC(OC(=O)OC)Oc1ccccc1. The molecule has 0 saturated heterocycles. The van der Waals surface area contributed by atoms with E-state index in [0.29, 0.717) is 25.4 Å². The van der Waals surface area contributed by atoms with Gasteiger partial charge in [-0.25, -0.2) is 4.79 Å². The van der Waals surface area contributed by atoms with Crippen LogP contribution in [0.1, 0.15) is 13.3 Å². The molecule has 0 aliphatic carbocycles. The van der Waals surface area contributed by atoms with Crippen LogP contribution >= 0.6 is 0 Å². The van der Waals surface area contributed by atoms with Crippen molar-refractivity contribution in [1.82, 2.24) is 0 Å². The predicted molar refractivity (Wildman–Crippen MR) is 65.5 cm³/mol. The fourth-order valence-electron chi connectivity index (χ4n) is 1.27. The van der Waals surface area contributed by atoms with E-state index >= 15 is 0 Å². The van der Waals surface area contributed by atoms with Crippen molar-refractivity contribution in [3.05, 3.63) is 30.3 Å². The topological polar surface area (TPSA) is 54.0 Å². The molecule has 0 fully saturated rings. The summed E-state index contributed by atoms with van der Waals surface area (Å²) in [4.78, 5) is 11.1. The maximum atomic E-state index is 11.1. The molecular weight excluding hydrogens is 236 g/mol. The molecule has 0 aromatic heterocycles. The molecule has 1 atom stereocenters. The summed E-state index contributed by atoms with van der Waals surface area (Å²) in [5.41, 5.74) is 0. The Bertz CT molecular complexity index is 338. The van der Waals surface area contributed by atoms with Crippen LogP contribution in [0.5, 0.6) is 5.75 Å². The van der Waals surface area contributed by atoms with Gasteiger partial charge in [-0.15, -0.1) is 0 Å². The minimum atomic E-state index is -0.771. The standard InChI is InChI=1S/C13H18O5/c1-3-16-10-9-12(18-13(14)15-2)17-11-7-5-4-6-8-11/h4-8,12H,3,9-10H2,1-2H3. The van der Waals surface area contributed by atoms with Crippen molar-refractivity contribution in [2.24, 2.45) is 0 Å². The summed E-state index contributed by atoms with van der Waals surface area (Å²) >= 11 is 0. The summed E-state index contributed by atoms with van der Waals surface area (Å²) in [6, 6.07) is 9.13. The van der Waals surface area contributed by atoms with Crippen molar-refractivity contribution in [1.29, 1.82) is 0 Å². The number of hydrogen-bond acceptors (Lipinski definition) is 5. The van der Waals surface area contributed by atoms with Crippen LogP contribution in [0.2, 0.25) is 0 Å². The van der Waals surface area contributed by atoms with E-state index < -0.39 is 12.4 Å². The molecule has 0 heterocycles.